The number of carbonyl (C=O) groups is 1. The Balaban J connectivity index is 1.85. The van der Waals surface area contributed by atoms with Crippen molar-refractivity contribution in [3.05, 3.63) is 41.7 Å². The van der Waals surface area contributed by atoms with E-state index in [1.165, 1.54) is 15.9 Å². The zero-order valence-electron chi connectivity index (χ0n) is 11.4. The number of β-amino-alcohol motifs (C(OH)–C–C–N with tert-alkyl or cyclic N) is 1. The third-order valence-corrected chi connectivity index (χ3v) is 3.61. The molecule has 1 fully saturated rings. The summed E-state index contributed by atoms with van der Waals surface area (Å²) >= 11 is 0. The smallest absolute Gasteiger partial charge is 0.245 e. The number of likely N-dealkylation sites (tertiary alicyclic amines) is 1. The quantitative estimate of drug-likeness (QED) is 0.881. The number of aromatic nitrogens is 4. The molecule has 1 aliphatic rings. The largest absolute Gasteiger partial charge is 0.391 e. The van der Waals surface area contributed by atoms with Crippen molar-refractivity contribution in [3.8, 4) is 0 Å². The third-order valence-electron chi connectivity index (χ3n) is 3.61. The molecule has 9 heteroatoms. The molecule has 0 unspecified atom stereocenters. The first kappa shape index (κ1) is 14.5. The van der Waals surface area contributed by atoms with Crippen molar-refractivity contribution >= 4 is 5.91 Å². The molecule has 1 amide bonds. The average Bonchev–Trinajstić information content (AvgIpc) is 3.11. The van der Waals surface area contributed by atoms with E-state index in [-0.39, 0.29) is 31.0 Å². The number of halogens is 2. The van der Waals surface area contributed by atoms with Gasteiger partial charge in [-0.1, -0.05) is 0 Å². The topological polar surface area (TPSA) is 84.1 Å². The van der Waals surface area contributed by atoms with E-state index < -0.39 is 23.8 Å². The monoisotopic (exact) mass is 309 g/mol. The number of amides is 1. The Morgan fingerprint density at radius 3 is 2.95 bits per heavy atom. The summed E-state index contributed by atoms with van der Waals surface area (Å²) in [5.74, 6) is -1.58. The lowest BCUT2D eigenvalue weighted by Crippen LogP contribution is -2.35. The van der Waals surface area contributed by atoms with E-state index in [2.05, 4.69) is 15.5 Å². The van der Waals surface area contributed by atoms with Crippen molar-refractivity contribution in [2.45, 2.75) is 25.1 Å². The van der Waals surface area contributed by atoms with Crippen LogP contribution in [0.5, 0.6) is 0 Å². The van der Waals surface area contributed by atoms with Gasteiger partial charge in [-0.3, -0.25) is 4.79 Å². The number of benzene rings is 1. The minimum atomic E-state index is -0.787. The fraction of sp³-hybridized carbons (Fsp3) is 0.385. The molecule has 2 atom stereocenters. The molecular formula is C13H13F2N5O2. The third kappa shape index (κ3) is 2.80. The van der Waals surface area contributed by atoms with Crippen LogP contribution in [0.2, 0.25) is 0 Å². The minimum Gasteiger partial charge on any atom is -0.391 e. The molecule has 3 rings (SSSR count). The lowest BCUT2D eigenvalue weighted by atomic mass is 10.0. The van der Waals surface area contributed by atoms with Gasteiger partial charge in [-0.25, -0.2) is 13.5 Å². The van der Waals surface area contributed by atoms with Crippen molar-refractivity contribution < 1.29 is 18.7 Å². The van der Waals surface area contributed by atoms with Crippen LogP contribution in [0.25, 0.3) is 0 Å². The van der Waals surface area contributed by atoms with Crippen LogP contribution in [0.4, 0.5) is 8.78 Å². The van der Waals surface area contributed by atoms with Crippen LogP contribution in [0.15, 0.2) is 24.5 Å². The standard InChI is InChI=1S/C13H13F2N5O2/c14-8-1-2-11(15)10(3-8)12-4-9(21)5-20(12)13(22)6-19-7-16-17-18-19/h1-3,7,9,12,21H,4-6H2/t9-,12+/m0/s1. The molecule has 0 spiro atoms. The zero-order chi connectivity index (χ0) is 15.7. The lowest BCUT2D eigenvalue weighted by molar-refractivity contribution is -0.133. The first-order valence-electron chi connectivity index (χ1n) is 6.68. The van der Waals surface area contributed by atoms with Crippen LogP contribution in [0.1, 0.15) is 18.0 Å². The highest BCUT2D eigenvalue weighted by atomic mass is 19.1. The van der Waals surface area contributed by atoms with Gasteiger partial charge in [-0.2, -0.15) is 0 Å². The molecule has 22 heavy (non-hydrogen) atoms. The van der Waals surface area contributed by atoms with E-state index in [1.807, 2.05) is 0 Å². The predicted octanol–water partition coefficient (Wildman–Crippen LogP) is 0.286. The van der Waals surface area contributed by atoms with Crippen molar-refractivity contribution in [3.63, 3.8) is 0 Å². The van der Waals surface area contributed by atoms with Gasteiger partial charge in [-0.15, -0.1) is 5.10 Å². The average molecular weight is 309 g/mol. The highest BCUT2D eigenvalue weighted by molar-refractivity contribution is 5.77. The van der Waals surface area contributed by atoms with Crippen molar-refractivity contribution in [2.75, 3.05) is 6.54 Å². The summed E-state index contributed by atoms with van der Waals surface area (Å²) in [4.78, 5) is 13.6. The number of nitrogens with zero attached hydrogens (tertiary/aromatic N) is 5. The van der Waals surface area contributed by atoms with Crippen LogP contribution < -0.4 is 0 Å². The lowest BCUT2D eigenvalue weighted by Gasteiger charge is -2.25. The normalized spacial score (nSPS) is 21.3. The Hall–Kier alpha value is -2.42. The van der Waals surface area contributed by atoms with Gasteiger partial charge in [-0.05, 0) is 35.0 Å². The molecular weight excluding hydrogens is 296 g/mol. The highest BCUT2D eigenvalue weighted by Gasteiger charge is 2.36. The van der Waals surface area contributed by atoms with Gasteiger partial charge in [0, 0.05) is 12.1 Å². The Kier molecular flexibility index (Phi) is 3.80. The maximum Gasteiger partial charge on any atom is 0.245 e. The number of carbonyl (C=O) groups excluding carboxylic acids is 1. The molecule has 1 aromatic carbocycles. The molecule has 7 nitrogen and oxygen atoms in total. The number of aliphatic hydroxyl groups is 1. The summed E-state index contributed by atoms with van der Waals surface area (Å²) in [6, 6.07) is 2.36. The number of rotatable bonds is 3. The van der Waals surface area contributed by atoms with E-state index >= 15 is 0 Å². The summed E-state index contributed by atoms with van der Waals surface area (Å²) in [5, 5.41) is 20.2. The van der Waals surface area contributed by atoms with E-state index in [4.69, 9.17) is 0 Å². The van der Waals surface area contributed by atoms with E-state index in [1.54, 1.807) is 0 Å². The van der Waals surface area contributed by atoms with Crippen molar-refractivity contribution in [1.82, 2.24) is 25.1 Å². The van der Waals surface area contributed by atoms with Crippen LogP contribution >= 0.6 is 0 Å². The summed E-state index contributed by atoms with van der Waals surface area (Å²) in [7, 11) is 0. The number of hydrogen-bond acceptors (Lipinski definition) is 5. The molecule has 2 aromatic rings. The SMILES string of the molecule is O=C(Cn1cnnn1)N1C[C@@H](O)C[C@@H]1c1cc(F)ccc1F. The first-order valence-corrected chi connectivity index (χ1v) is 6.68. The van der Waals surface area contributed by atoms with Crippen molar-refractivity contribution in [1.29, 1.82) is 0 Å². The van der Waals surface area contributed by atoms with Crippen LogP contribution in [0, 0.1) is 11.6 Å². The molecule has 0 saturated carbocycles. The van der Waals surface area contributed by atoms with E-state index in [0.29, 0.717) is 0 Å². The molecule has 0 aliphatic carbocycles. The predicted molar refractivity (Wildman–Crippen MR) is 69.3 cm³/mol. The number of aliphatic hydroxyl groups excluding tert-OH is 1. The second-order valence-electron chi connectivity index (χ2n) is 5.12. The van der Waals surface area contributed by atoms with Gasteiger partial charge < -0.3 is 10.0 Å². The molecule has 0 bridgehead atoms. The highest BCUT2D eigenvalue weighted by Crippen LogP contribution is 2.34. The number of tetrazole rings is 1. The fourth-order valence-corrected chi connectivity index (χ4v) is 2.64. The van der Waals surface area contributed by atoms with Crippen LogP contribution in [-0.2, 0) is 11.3 Å². The molecule has 1 aliphatic heterocycles. The Morgan fingerprint density at radius 2 is 2.23 bits per heavy atom. The fourth-order valence-electron chi connectivity index (χ4n) is 2.64. The second kappa shape index (κ2) is 5.76. The van der Waals surface area contributed by atoms with Gasteiger partial charge in [0.05, 0.1) is 12.1 Å². The Bertz CT molecular complexity index is 679. The summed E-state index contributed by atoms with van der Waals surface area (Å²) in [5.41, 5.74) is 0.0571. The van der Waals surface area contributed by atoms with Gasteiger partial charge in [0.2, 0.25) is 5.91 Å². The molecule has 1 N–H and O–H groups in total. The van der Waals surface area contributed by atoms with Gasteiger partial charge in [0.15, 0.2) is 0 Å². The first-order chi connectivity index (χ1) is 10.5. The molecule has 1 aromatic heterocycles. The van der Waals surface area contributed by atoms with Gasteiger partial charge in [0.1, 0.15) is 24.5 Å². The van der Waals surface area contributed by atoms with E-state index in [9.17, 15) is 18.7 Å². The maximum atomic E-state index is 13.9. The number of hydrogen-bond donors (Lipinski definition) is 1. The van der Waals surface area contributed by atoms with Gasteiger partial charge in [0.25, 0.3) is 0 Å². The molecule has 2 heterocycles. The maximum absolute atomic E-state index is 13.9. The zero-order valence-corrected chi connectivity index (χ0v) is 11.4. The molecule has 116 valence electrons. The summed E-state index contributed by atoms with van der Waals surface area (Å²) in [6.45, 7) is -0.0747. The summed E-state index contributed by atoms with van der Waals surface area (Å²) in [6.07, 6.45) is 0.648. The van der Waals surface area contributed by atoms with Crippen LogP contribution in [0.3, 0.4) is 0 Å². The Labute approximate surface area is 124 Å². The summed E-state index contributed by atoms with van der Waals surface area (Å²) < 4.78 is 28.5. The molecule has 1 saturated heterocycles. The van der Waals surface area contributed by atoms with Crippen molar-refractivity contribution in [2.24, 2.45) is 0 Å². The second-order valence-corrected chi connectivity index (χ2v) is 5.12. The Morgan fingerprint density at radius 1 is 1.41 bits per heavy atom. The van der Waals surface area contributed by atoms with Gasteiger partial charge >= 0.3 is 0 Å². The minimum absolute atomic E-state index is 0.0571. The van der Waals surface area contributed by atoms with E-state index in [0.717, 1.165) is 18.2 Å². The van der Waals surface area contributed by atoms with Crippen LogP contribution in [-0.4, -0.2) is 48.8 Å². The molecule has 0 radical (unpaired) electrons.